The van der Waals surface area contributed by atoms with Crippen LogP contribution in [0.3, 0.4) is 0 Å². The molecule has 1 aromatic heterocycles. The summed E-state index contributed by atoms with van der Waals surface area (Å²) < 4.78 is 5.49. The van der Waals surface area contributed by atoms with Gasteiger partial charge in [-0.05, 0) is 13.3 Å². The van der Waals surface area contributed by atoms with Crippen LogP contribution in [-0.2, 0) is 4.74 Å². The molecule has 6 nitrogen and oxygen atoms in total. The lowest BCUT2D eigenvalue weighted by Gasteiger charge is -2.42. The summed E-state index contributed by atoms with van der Waals surface area (Å²) in [5.41, 5.74) is 0.807. The van der Waals surface area contributed by atoms with E-state index >= 15 is 0 Å². The van der Waals surface area contributed by atoms with E-state index in [-0.39, 0.29) is 0 Å². The second kappa shape index (κ2) is 8.50. The van der Waals surface area contributed by atoms with Crippen LogP contribution in [0.15, 0.2) is 6.33 Å². The van der Waals surface area contributed by atoms with E-state index in [0.717, 1.165) is 57.3 Å². The number of rotatable bonds is 7. The second-order valence-electron chi connectivity index (χ2n) is 5.35. The van der Waals surface area contributed by atoms with Gasteiger partial charge < -0.3 is 15.0 Å². The van der Waals surface area contributed by atoms with Crippen molar-refractivity contribution in [2.75, 3.05) is 56.7 Å². The van der Waals surface area contributed by atoms with Gasteiger partial charge in [-0.2, -0.15) is 0 Å². The maximum absolute atomic E-state index is 6.16. The predicted molar refractivity (Wildman–Crippen MR) is 90.9 cm³/mol. The molecule has 1 aromatic rings. The summed E-state index contributed by atoms with van der Waals surface area (Å²) in [5, 5.41) is 3.59. The summed E-state index contributed by atoms with van der Waals surface area (Å²) in [6.07, 6.45) is 2.64. The van der Waals surface area contributed by atoms with Crippen LogP contribution in [-0.4, -0.2) is 67.4 Å². The molecule has 1 fully saturated rings. The number of nitrogens with one attached hydrogen (secondary N) is 1. The monoisotopic (exact) mass is 327 g/mol. The number of aromatic nitrogens is 2. The van der Waals surface area contributed by atoms with Crippen LogP contribution < -0.4 is 10.2 Å². The lowest BCUT2D eigenvalue weighted by molar-refractivity contribution is 0.0869. The van der Waals surface area contributed by atoms with Gasteiger partial charge in [-0.25, -0.2) is 9.97 Å². The number of halogens is 1. The molecule has 1 aliphatic heterocycles. The smallest absolute Gasteiger partial charge is 0.157 e. The standard InChI is InChI=1S/C15H26ClN5O/c1-4-12-10-21(7-6-20(12)8-9-22-5-2)15-13(17-3)14(16)18-11-19-15/h11-12,17H,4-10H2,1-3H3. The summed E-state index contributed by atoms with van der Waals surface area (Å²) in [7, 11) is 1.85. The number of piperazine rings is 1. The minimum absolute atomic E-state index is 0.472. The molecule has 0 aliphatic carbocycles. The van der Waals surface area contributed by atoms with E-state index in [1.807, 2.05) is 14.0 Å². The predicted octanol–water partition coefficient (Wildman–Crippen LogP) is 2.11. The first-order chi connectivity index (χ1) is 10.7. The minimum Gasteiger partial charge on any atom is -0.383 e. The quantitative estimate of drug-likeness (QED) is 0.611. The first kappa shape index (κ1) is 17.2. The van der Waals surface area contributed by atoms with Gasteiger partial charge in [0.05, 0.1) is 6.61 Å². The zero-order chi connectivity index (χ0) is 15.9. The molecule has 0 radical (unpaired) electrons. The van der Waals surface area contributed by atoms with Gasteiger partial charge in [-0.15, -0.1) is 0 Å². The Bertz CT molecular complexity index is 473. The van der Waals surface area contributed by atoms with E-state index in [0.29, 0.717) is 11.2 Å². The van der Waals surface area contributed by atoms with Crippen molar-refractivity contribution in [3.05, 3.63) is 11.5 Å². The summed E-state index contributed by atoms with van der Waals surface area (Å²) >= 11 is 6.16. The van der Waals surface area contributed by atoms with Crippen LogP contribution in [0.2, 0.25) is 5.15 Å². The molecular weight excluding hydrogens is 302 g/mol. The van der Waals surface area contributed by atoms with Crippen molar-refractivity contribution in [2.24, 2.45) is 0 Å². The molecule has 2 heterocycles. The Kier molecular flexibility index (Phi) is 6.67. The van der Waals surface area contributed by atoms with Gasteiger partial charge in [0.25, 0.3) is 0 Å². The molecular formula is C15H26ClN5O. The lowest BCUT2D eigenvalue weighted by Crippen LogP contribution is -2.54. The average molecular weight is 328 g/mol. The topological polar surface area (TPSA) is 53.5 Å². The van der Waals surface area contributed by atoms with Crippen molar-refractivity contribution in [1.29, 1.82) is 0 Å². The molecule has 0 amide bonds. The normalized spacial score (nSPS) is 19.5. The maximum Gasteiger partial charge on any atom is 0.157 e. The van der Waals surface area contributed by atoms with Crippen LogP contribution in [0.5, 0.6) is 0 Å². The summed E-state index contributed by atoms with van der Waals surface area (Å²) in [6, 6.07) is 0.507. The van der Waals surface area contributed by atoms with Crippen molar-refractivity contribution in [1.82, 2.24) is 14.9 Å². The highest BCUT2D eigenvalue weighted by molar-refractivity contribution is 6.32. The second-order valence-corrected chi connectivity index (χ2v) is 5.71. The molecule has 1 unspecified atom stereocenters. The Morgan fingerprint density at radius 3 is 2.86 bits per heavy atom. The van der Waals surface area contributed by atoms with Gasteiger partial charge in [0.2, 0.25) is 0 Å². The fraction of sp³-hybridized carbons (Fsp3) is 0.733. The van der Waals surface area contributed by atoms with E-state index in [1.54, 1.807) is 0 Å². The molecule has 0 spiro atoms. The number of nitrogens with zero attached hydrogens (tertiary/aromatic N) is 4. The van der Waals surface area contributed by atoms with Gasteiger partial charge >= 0.3 is 0 Å². The summed E-state index contributed by atoms with van der Waals surface area (Å²) in [6.45, 7) is 9.73. The van der Waals surface area contributed by atoms with Crippen LogP contribution >= 0.6 is 11.6 Å². The molecule has 0 bridgehead atoms. The van der Waals surface area contributed by atoms with E-state index < -0.39 is 0 Å². The molecule has 1 saturated heterocycles. The van der Waals surface area contributed by atoms with Crippen molar-refractivity contribution in [3.63, 3.8) is 0 Å². The first-order valence-electron chi connectivity index (χ1n) is 7.96. The fourth-order valence-corrected chi connectivity index (χ4v) is 3.13. The molecule has 0 saturated carbocycles. The molecule has 1 N–H and O–H groups in total. The highest BCUT2D eigenvalue weighted by Crippen LogP contribution is 2.30. The molecule has 1 aliphatic rings. The Labute approximate surface area is 137 Å². The minimum atomic E-state index is 0.472. The van der Waals surface area contributed by atoms with Crippen molar-refractivity contribution >= 4 is 23.1 Å². The molecule has 0 aromatic carbocycles. The largest absolute Gasteiger partial charge is 0.383 e. The third-order valence-electron chi connectivity index (χ3n) is 4.13. The highest BCUT2D eigenvalue weighted by Gasteiger charge is 2.27. The van der Waals surface area contributed by atoms with E-state index in [2.05, 4.69) is 32.0 Å². The first-order valence-corrected chi connectivity index (χ1v) is 8.34. The van der Waals surface area contributed by atoms with E-state index in [4.69, 9.17) is 16.3 Å². The van der Waals surface area contributed by atoms with Crippen molar-refractivity contribution in [2.45, 2.75) is 26.3 Å². The molecule has 7 heteroatoms. The average Bonchev–Trinajstić information content (AvgIpc) is 2.55. The number of hydrogen-bond acceptors (Lipinski definition) is 6. The third-order valence-corrected chi connectivity index (χ3v) is 4.42. The molecule has 1 atom stereocenters. The Morgan fingerprint density at radius 2 is 2.18 bits per heavy atom. The molecule has 124 valence electrons. The van der Waals surface area contributed by atoms with Crippen LogP contribution in [0, 0.1) is 0 Å². The van der Waals surface area contributed by atoms with Gasteiger partial charge in [-0.1, -0.05) is 18.5 Å². The Hall–Kier alpha value is -1.11. The van der Waals surface area contributed by atoms with E-state index in [1.165, 1.54) is 6.33 Å². The van der Waals surface area contributed by atoms with Gasteiger partial charge in [0.15, 0.2) is 11.0 Å². The lowest BCUT2D eigenvalue weighted by atomic mass is 10.1. The SMILES string of the molecule is CCOCCN1CCN(c2ncnc(Cl)c2NC)CC1CC. The van der Waals surface area contributed by atoms with Crippen molar-refractivity contribution < 1.29 is 4.74 Å². The summed E-state index contributed by atoms with van der Waals surface area (Å²) in [4.78, 5) is 13.3. The summed E-state index contributed by atoms with van der Waals surface area (Å²) in [5.74, 6) is 0.894. The Morgan fingerprint density at radius 1 is 1.36 bits per heavy atom. The van der Waals surface area contributed by atoms with E-state index in [9.17, 15) is 0 Å². The van der Waals surface area contributed by atoms with Crippen molar-refractivity contribution in [3.8, 4) is 0 Å². The van der Waals surface area contributed by atoms with Gasteiger partial charge in [-0.3, -0.25) is 4.90 Å². The zero-order valence-electron chi connectivity index (χ0n) is 13.7. The Balaban J connectivity index is 2.06. The van der Waals surface area contributed by atoms with Gasteiger partial charge in [0, 0.05) is 45.9 Å². The van der Waals surface area contributed by atoms with Gasteiger partial charge in [0.1, 0.15) is 12.0 Å². The fourth-order valence-electron chi connectivity index (χ4n) is 2.90. The number of anilines is 2. The third kappa shape index (κ3) is 4.00. The van der Waals surface area contributed by atoms with Crippen LogP contribution in [0.4, 0.5) is 11.5 Å². The zero-order valence-corrected chi connectivity index (χ0v) is 14.4. The molecule has 22 heavy (non-hydrogen) atoms. The number of hydrogen-bond donors (Lipinski definition) is 1. The highest BCUT2D eigenvalue weighted by atomic mass is 35.5. The van der Waals surface area contributed by atoms with Crippen LogP contribution in [0.1, 0.15) is 20.3 Å². The molecule has 2 rings (SSSR count). The van der Waals surface area contributed by atoms with Crippen LogP contribution in [0.25, 0.3) is 0 Å². The number of ether oxygens (including phenoxy) is 1. The maximum atomic E-state index is 6.16.